The fourth-order valence-electron chi connectivity index (χ4n) is 2.69. The SMILES string of the molecule is C1CCC(OCCCC2CC2=C2CC2)OC1. The Hall–Kier alpha value is -0.340. The number of ether oxygens (including phenoxy) is 2. The molecule has 0 radical (unpaired) electrons. The Morgan fingerprint density at radius 3 is 2.94 bits per heavy atom. The molecule has 0 amide bonds. The van der Waals surface area contributed by atoms with Gasteiger partial charge in [-0.2, -0.15) is 0 Å². The lowest BCUT2D eigenvalue weighted by atomic mass is 10.2. The summed E-state index contributed by atoms with van der Waals surface area (Å²) in [7, 11) is 0. The molecule has 90 valence electrons. The maximum atomic E-state index is 5.73. The summed E-state index contributed by atoms with van der Waals surface area (Å²) in [6.45, 7) is 1.79. The number of allylic oxidation sites excluding steroid dienone is 2. The van der Waals surface area contributed by atoms with Crippen molar-refractivity contribution in [1.29, 1.82) is 0 Å². The second-order valence-electron chi connectivity index (χ2n) is 5.34. The van der Waals surface area contributed by atoms with E-state index >= 15 is 0 Å². The van der Waals surface area contributed by atoms with Gasteiger partial charge in [0.2, 0.25) is 0 Å². The molecule has 1 heterocycles. The van der Waals surface area contributed by atoms with Gasteiger partial charge in [-0.3, -0.25) is 0 Å². The molecule has 0 spiro atoms. The summed E-state index contributed by atoms with van der Waals surface area (Å²) in [5.41, 5.74) is 3.58. The van der Waals surface area contributed by atoms with E-state index in [-0.39, 0.29) is 6.29 Å². The Labute approximate surface area is 98.0 Å². The summed E-state index contributed by atoms with van der Waals surface area (Å²) in [6.07, 6.45) is 10.4. The van der Waals surface area contributed by atoms with Crippen LogP contribution in [-0.4, -0.2) is 19.5 Å². The first-order valence-electron chi connectivity index (χ1n) is 6.87. The first-order valence-corrected chi connectivity index (χ1v) is 6.87. The Bertz CT molecular complexity index is 270. The van der Waals surface area contributed by atoms with Crippen molar-refractivity contribution in [2.45, 2.75) is 57.7 Å². The molecule has 0 aromatic rings. The van der Waals surface area contributed by atoms with E-state index < -0.39 is 0 Å². The minimum Gasteiger partial charge on any atom is -0.353 e. The fourth-order valence-corrected chi connectivity index (χ4v) is 2.69. The van der Waals surface area contributed by atoms with Gasteiger partial charge in [-0.15, -0.1) is 0 Å². The third-order valence-corrected chi connectivity index (χ3v) is 3.89. The minimum absolute atomic E-state index is 0.106. The molecule has 0 N–H and O–H groups in total. The van der Waals surface area contributed by atoms with Crippen LogP contribution in [0.3, 0.4) is 0 Å². The second-order valence-corrected chi connectivity index (χ2v) is 5.34. The Kier molecular flexibility index (Phi) is 3.30. The van der Waals surface area contributed by atoms with Gasteiger partial charge in [0.1, 0.15) is 0 Å². The minimum atomic E-state index is 0.106. The van der Waals surface area contributed by atoms with E-state index in [0.29, 0.717) is 0 Å². The van der Waals surface area contributed by atoms with Crippen molar-refractivity contribution in [2.24, 2.45) is 5.92 Å². The third-order valence-electron chi connectivity index (χ3n) is 3.89. The van der Waals surface area contributed by atoms with Crippen LogP contribution in [0.15, 0.2) is 11.1 Å². The van der Waals surface area contributed by atoms with Crippen molar-refractivity contribution in [2.75, 3.05) is 13.2 Å². The predicted molar refractivity (Wildman–Crippen MR) is 63.1 cm³/mol. The Balaban J connectivity index is 1.25. The molecule has 2 aliphatic carbocycles. The molecule has 1 aliphatic heterocycles. The van der Waals surface area contributed by atoms with Gasteiger partial charge in [0.25, 0.3) is 0 Å². The average molecular weight is 222 g/mol. The third kappa shape index (κ3) is 2.86. The smallest absolute Gasteiger partial charge is 0.157 e. The Morgan fingerprint density at radius 1 is 1.25 bits per heavy atom. The summed E-state index contributed by atoms with van der Waals surface area (Å²) in [4.78, 5) is 0. The molecule has 2 atom stereocenters. The van der Waals surface area contributed by atoms with Gasteiger partial charge in [0, 0.05) is 13.2 Å². The molecule has 2 heteroatoms. The summed E-state index contributed by atoms with van der Waals surface area (Å²) in [5.74, 6) is 0.938. The highest BCUT2D eigenvalue weighted by Gasteiger charge is 2.35. The highest BCUT2D eigenvalue weighted by atomic mass is 16.7. The molecule has 1 saturated heterocycles. The second kappa shape index (κ2) is 4.89. The first kappa shape index (κ1) is 10.8. The zero-order valence-corrected chi connectivity index (χ0v) is 10.0. The Morgan fingerprint density at radius 2 is 2.19 bits per heavy atom. The quantitative estimate of drug-likeness (QED) is 0.524. The van der Waals surface area contributed by atoms with Crippen molar-refractivity contribution >= 4 is 0 Å². The molecular formula is C14H22O2. The van der Waals surface area contributed by atoms with Crippen LogP contribution in [0, 0.1) is 5.92 Å². The standard InChI is InChI=1S/C14H22O2/c1-2-8-15-14(5-1)16-9-3-4-12-10-13(12)11-6-7-11/h12,14H,1-10H2. The normalized spacial score (nSPS) is 33.0. The van der Waals surface area contributed by atoms with Crippen molar-refractivity contribution in [3.8, 4) is 0 Å². The van der Waals surface area contributed by atoms with E-state index in [1.807, 2.05) is 0 Å². The van der Waals surface area contributed by atoms with Gasteiger partial charge in [-0.1, -0.05) is 11.1 Å². The molecule has 3 rings (SSSR count). The maximum absolute atomic E-state index is 5.73. The van der Waals surface area contributed by atoms with Gasteiger partial charge in [-0.05, 0) is 57.3 Å². The van der Waals surface area contributed by atoms with Crippen molar-refractivity contribution in [1.82, 2.24) is 0 Å². The van der Waals surface area contributed by atoms with Crippen LogP contribution in [0.1, 0.15) is 51.4 Å². The van der Waals surface area contributed by atoms with E-state index in [1.54, 1.807) is 11.1 Å². The zero-order valence-electron chi connectivity index (χ0n) is 10.0. The van der Waals surface area contributed by atoms with Crippen LogP contribution in [0.4, 0.5) is 0 Å². The molecule has 2 unspecified atom stereocenters. The summed E-state index contributed by atoms with van der Waals surface area (Å²) in [5, 5.41) is 0. The highest BCUT2D eigenvalue weighted by Crippen LogP contribution is 2.50. The molecule has 0 bridgehead atoms. The van der Waals surface area contributed by atoms with Crippen molar-refractivity contribution < 1.29 is 9.47 Å². The van der Waals surface area contributed by atoms with Gasteiger partial charge in [0.05, 0.1) is 0 Å². The van der Waals surface area contributed by atoms with Crippen molar-refractivity contribution in [3.05, 3.63) is 11.1 Å². The van der Waals surface area contributed by atoms with E-state index in [0.717, 1.165) is 25.6 Å². The largest absolute Gasteiger partial charge is 0.353 e. The first-order chi connectivity index (χ1) is 7.93. The summed E-state index contributed by atoms with van der Waals surface area (Å²) < 4.78 is 11.3. The van der Waals surface area contributed by atoms with Gasteiger partial charge in [0.15, 0.2) is 6.29 Å². The van der Waals surface area contributed by atoms with Crippen LogP contribution in [0.2, 0.25) is 0 Å². The number of rotatable bonds is 5. The van der Waals surface area contributed by atoms with Crippen molar-refractivity contribution in [3.63, 3.8) is 0 Å². The molecule has 2 saturated carbocycles. The molecule has 2 nitrogen and oxygen atoms in total. The zero-order chi connectivity index (χ0) is 10.8. The van der Waals surface area contributed by atoms with Crippen LogP contribution in [0.5, 0.6) is 0 Å². The average Bonchev–Trinajstić information content (AvgIpc) is 3.16. The summed E-state index contributed by atoms with van der Waals surface area (Å²) in [6, 6.07) is 0. The monoisotopic (exact) mass is 222 g/mol. The van der Waals surface area contributed by atoms with Crippen LogP contribution in [-0.2, 0) is 9.47 Å². The van der Waals surface area contributed by atoms with Gasteiger partial charge in [-0.25, -0.2) is 0 Å². The molecule has 3 fully saturated rings. The number of hydrogen-bond acceptors (Lipinski definition) is 2. The lowest BCUT2D eigenvalue weighted by Crippen LogP contribution is -2.22. The molecular weight excluding hydrogens is 200 g/mol. The van der Waals surface area contributed by atoms with Crippen LogP contribution < -0.4 is 0 Å². The van der Waals surface area contributed by atoms with Gasteiger partial charge < -0.3 is 9.47 Å². The topological polar surface area (TPSA) is 18.5 Å². The van der Waals surface area contributed by atoms with E-state index in [4.69, 9.17) is 9.47 Å². The van der Waals surface area contributed by atoms with E-state index in [1.165, 1.54) is 44.9 Å². The van der Waals surface area contributed by atoms with Gasteiger partial charge >= 0.3 is 0 Å². The molecule has 0 aromatic carbocycles. The van der Waals surface area contributed by atoms with E-state index in [9.17, 15) is 0 Å². The van der Waals surface area contributed by atoms with Crippen LogP contribution in [0.25, 0.3) is 0 Å². The number of hydrogen-bond donors (Lipinski definition) is 0. The van der Waals surface area contributed by atoms with E-state index in [2.05, 4.69) is 0 Å². The maximum Gasteiger partial charge on any atom is 0.157 e. The fraction of sp³-hybridized carbons (Fsp3) is 0.857. The lowest BCUT2D eigenvalue weighted by Gasteiger charge is -2.22. The molecule has 16 heavy (non-hydrogen) atoms. The molecule has 3 aliphatic rings. The predicted octanol–water partition coefficient (Wildman–Crippen LogP) is 3.42. The summed E-state index contributed by atoms with van der Waals surface area (Å²) >= 11 is 0. The molecule has 0 aromatic heterocycles. The van der Waals surface area contributed by atoms with Crippen LogP contribution >= 0.6 is 0 Å². The highest BCUT2D eigenvalue weighted by molar-refractivity contribution is 5.36. The lowest BCUT2D eigenvalue weighted by molar-refractivity contribution is -0.162.